The highest BCUT2D eigenvalue weighted by Crippen LogP contribution is 2.43. The fraction of sp³-hybridized carbons (Fsp3) is 0. The van der Waals surface area contributed by atoms with Crippen LogP contribution in [0.4, 0.5) is 0 Å². The van der Waals surface area contributed by atoms with Crippen molar-refractivity contribution in [2.45, 2.75) is 0 Å². The number of fused-ring (bicyclic) bond motifs is 3. The lowest BCUT2D eigenvalue weighted by Crippen LogP contribution is -2.20. The molecule has 0 saturated carbocycles. The monoisotopic (exact) mass is 290 g/mol. The summed E-state index contributed by atoms with van der Waals surface area (Å²) in [6.07, 6.45) is 0. The molecule has 1 aliphatic carbocycles. The topological polar surface area (TPSA) is 34.1 Å². The minimum atomic E-state index is -0.409. The molecule has 0 saturated heterocycles. The number of rotatable bonds is 1. The molecule has 3 aromatic rings. The van der Waals surface area contributed by atoms with E-state index < -0.39 is 11.6 Å². The van der Waals surface area contributed by atoms with E-state index in [4.69, 9.17) is 0 Å². The Hall–Kier alpha value is -2.52. The molecule has 1 aliphatic rings. The largest absolute Gasteiger partial charge is 0.285 e. The molecule has 0 fully saturated rings. The van der Waals surface area contributed by atoms with Gasteiger partial charge in [0.15, 0.2) is 0 Å². The van der Waals surface area contributed by atoms with Gasteiger partial charge in [0.1, 0.15) is 0 Å². The summed E-state index contributed by atoms with van der Waals surface area (Å²) in [6.45, 7) is 0. The molecule has 1 heterocycles. The molecule has 0 atom stereocenters. The van der Waals surface area contributed by atoms with Crippen molar-refractivity contribution in [3.63, 3.8) is 0 Å². The second kappa shape index (κ2) is 4.50. The van der Waals surface area contributed by atoms with Crippen LogP contribution in [0.25, 0.3) is 21.6 Å². The maximum atomic E-state index is 12.5. The maximum Gasteiger partial charge on any atom is 0.235 e. The number of carbonyl (C=O) groups is 2. The third kappa shape index (κ3) is 1.71. The fourth-order valence-corrected chi connectivity index (χ4v) is 3.84. The Labute approximate surface area is 125 Å². The molecule has 3 heteroatoms. The third-order valence-corrected chi connectivity index (χ3v) is 4.74. The third-order valence-electron chi connectivity index (χ3n) is 3.73. The second-order valence-electron chi connectivity index (χ2n) is 4.92. The first-order valence-electron chi connectivity index (χ1n) is 6.62. The molecule has 4 rings (SSSR count). The average Bonchev–Trinajstić information content (AvgIpc) is 2.99. The van der Waals surface area contributed by atoms with Crippen molar-refractivity contribution in [1.82, 2.24) is 0 Å². The average molecular weight is 290 g/mol. The number of benzene rings is 2. The van der Waals surface area contributed by atoms with E-state index in [-0.39, 0.29) is 0 Å². The first-order valence-corrected chi connectivity index (χ1v) is 7.50. The SMILES string of the molecule is O=C1C(=O)c2c(-c3ccccc3)csc2-c2ccccc21. The number of thiophene rings is 1. The summed E-state index contributed by atoms with van der Waals surface area (Å²) < 4.78 is 0. The van der Waals surface area contributed by atoms with Crippen LogP contribution in [-0.4, -0.2) is 11.6 Å². The van der Waals surface area contributed by atoms with Crippen LogP contribution < -0.4 is 0 Å². The Bertz CT molecular complexity index is 862. The van der Waals surface area contributed by atoms with E-state index in [0.717, 1.165) is 21.6 Å². The predicted octanol–water partition coefficient (Wildman–Crippen LogP) is 4.46. The van der Waals surface area contributed by atoms with E-state index in [1.807, 2.05) is 47.8 Å². The van der Waals surface area contributed by atoms with E-state index in [9.17, 15) is 9.59 Å². The molecule has 2 aromatic carbocycles. The van der Waals surface area contributed by atoms with Crippen LogP contribution in [0, 0.1) is 0 Å². The molecular formula is C18H10O2S. The molecule has 1 aromatic heterocycles. The molecule has 0 bridgehead atoms. The summed E-state index contributed by atoms with van der Waals surface area (Å²) in [4.78, 5) is 25.7. The lowest BCUT2D eigenvalue weighted by Gasteiger charge is -2.15. The van der Waals surface area contributed by atoms with Gasteiger partial charge in [-0.25, -0.2) is 0 Å². The van der Waals surface area contributed by atoms with Crippen LogP contribution in [-0.2, 0) is 0 Å². The molecule has 100 valence electrons. The first-order chi connectivity index (χ1) is 10.3. The van der Waals surface area contributed by atoms with Gasteiger partial charge in [0, 0.05) is 21.6 Å². The highest BCUT2D eigenvalue weighted by molar-refractivity contribution is 7.15. The van der Waals surface area contributed by atoms with Crippen LogP contribution in [0.15, 0.2) is 60.0 Å². The Kier molecular flexibility index (Phi) is 2.62. The summed E-state index contributed by atoms with van der Waals surface area (Å²) in [5.74, 6) is -0.808. The Balaban J connectivity index is 2.02. The van der Waals surface area contributed by atoms with Crippen molar-refractivity contribution in [1.29, 1.82) is 0 Å². The zero-order valence-corrected chi connectivity index (χ0v) is 11.8. The summed E-state index contributed by atoms with van der Waals surface area (Å²) >= 11 is 1.52. The summed E-state index contributed by atoms with van der Waals surface area (Å²) in [7, 11) is 0. The van der Waals surface area contributed by atoms with Gasteiger partial charge in [-0.2, -0.15) is 0 Å². The molecule has 21 heavy (non-hydrogen) atoms. The lowest BCUT2D eigenvalue weighted by atomic mass is 9.86. The number of hydrogen-bond donors (Lipinski definition) is 0. The Morgan fingerprint density at radius 2 is 1.33 bits per heavy atom. The van der Waals surface area contributed by atoms with Gasteiger partial charge in [-0.1, -0.05) is 54.6 Å². The Morgan fingerprint density at radius 1 is 0.667 bits per heavy atom. The molecule has 0 amide bonds. The lowest BCUT2D eigenvalue weighted by molar-refractivity contribution is 0.0816. The van der Waals surface area contributed by atoms with Crippen LogP contribution in [0.1, 0.15) is 20.7 Å². The van der Waals surface area contributed by atoms with Crippen LogP contribution in [0.3, 0.4) is 0 Å². The Morgan fingerprint density at radius 3 is 2.10 bits per heavy atom. The highest BCUT2D eigenvalue weighted by atomic mass is 32.1. The maximum absolute atomic E-state index is 12.5. The molecular weight excluding hydrogens is 280 g/mol. The van der Waals surface area contributed by atoms with Crippen LogP contribution >= 0.6 is 11.3 Å². The standard InChI is InChI=1S/C18H10O2S/c19-16-12-8-4-5-9-13(12)18-15(17(16)20)14(10-21-18)11-6-2-1-3-7-11/h1-10H. The minimum Gasteiger partial charge on any atom is -0.285 e. The number of hydrogen-bond acceptors (Lipinski definition) is 3. The van der Waals surface area contributed by atoms with Crippen molar-refractivity contribution >= 4 is 22.9 Å². The molecule has 2 nitrogen and oxygen atoms in total. The van der Waals surface area contributed by atoms with Crippen LogP contribution in [0.5, 0.6) is 0 Å². The van der Waals surface area contributed by atoms with Gasteiger partial charge >= 0.3 is 0 Å². The highest BCUT2D eigenvalue weighted by Gasteiger charge is 2.33. The van der Waals surface area contributed by atoms with Gasteiger partial charge < -0.3 is 0 Å². The van der Waals surface area contributed by atoms with Crippen LogP contribution in [0.2, 0.25) is 0 Å². The number of carbonyl (C=O) groups excluding carboxylic acids is 2. The quantitative estimate of drug-likeness (QED) is 0.620. The first kappa shape index (κ1) is 12.2. The van der Waals surface area contributed by atoms with Crippen molar-refractivity contribution in [2.24, 2.45) is 0 Å². The number of Topliss-reactive ketones (excluding diaryl/α,β-unsaturated/α-hetero) is 2. The normalized spacial score (nSPS) is 13.0. The van der Waals surface area contributed by atoms with Gasteiger partial charge in [-0.15, -0.1) is 11.3 Å². The molecule has 0 spiro atoms. The van der Waals surface area contributed by atoms with Crippen molar-refractivity contribution in [3.8, 4) is 21.6 Å². The van der Waals surface area contributed by atoms with E-state index in [0.29, 0.717) is 11.1 Å². The molecule has 0 radical (unpaired) electrons. The summed E-state index contributed by atoms with van der Waals surface area (Å²) in [5, 5.41) is 1.97. The predicted molar refractivity (Wildman–Crippen MR) is 83.9 cm³/mol. The van der Waals surface area contributed by atoms with Crippen molar-refractivity contribution in [2.75, 3.05) is 0 Å². The van der Waals surface area contributed by atoms with E-state index in [1.165, 1.54) is 11.3 Å². The van der Waals surface area contributed by atoms with Gasteiger partial charge in [0.25, 0.3) is 0 Å². The smallest absolute Gasteiger partial charge is 0.235 e. The summed E-state index contributed by atoms with van der Waals surface area (Å²) in [5.41, 5.74) is 3.75. The van der Waals surface area contributed by atoms with Gasteiger partial charge in [0.05, 0.1) is 5.56 Å². The second-order valence-corrected chi connectivity index (χ2v) is 5.80. The van der Waals surface area contributed by atoms with Gasteiger partial charge in [-0.05, 0) is 10.9 Å². The minimum absolute atomic E-state index is 0.399. The van der Waals surface area contributed by atoms with Gasteiger partial charge in [0.2, 0.25) is 11.6 Å². The van der Waals surface area contributed by atoms with E-state index in [2.05, 4.69) is 0 Å². The molecule has 0 N–H and O–H groups in total. The van der Waals surface area contributed by atoms with Crippen molar-refractivity contribution < 1.29 is 9.59 Å². The molecule has 0 aliphatic heterocycles. The number of ketones is 2. The van der Waals surface area contributed by atoms with E-state index >= 15 is 0 Å². The van der Waals surface area contributed by atoms with Crippen molar-refractivity contribution in [3.05, 3.63) is 71.1 Å². The molecule has 0 unspecified atom stereocenters. The summed E-state index contributed by atoms with van der Waals surface area (Å²) in [6, 6.07) is 17.0. The zero-order valence-electron chi connectivity index (χ0n) is 11.0. The zero-order chi connectivity index (χ0) is 14.4. The fourth-order valence-electron chi connectivity index (χ4n) is 2.73. The van der Waals surface area contributed by atoms with Gasteiger partial charge in [-0.3, -0.25) is 9.59 Å². The van der Waals surface area contributed by atoms with E-state index in [1.54, 1.807) is 12.1 Å².